The van der Waals surface area contributed by atoms with E-state index in [0.29, 0.717) is 21.8 Å². The first-order valence-corrected chi connectivity index (χ1v) is 16.5. The number of fused-ring (bicyclic) bond motifs is 1. The standard InChI is InChI=1S/C37H32N4O2S2/c1-25-10-8-15-28(20-25)35(42)39-29-16-9-17-30(21-29)44-34(27-13-6-3-7-14-27)36(43)40-37-32(22-38)31-18-19-41(24-33(31)45-37)23-26-11-4-2-5-12-26/h2-17,20-21,34H,18-19,23-24H2,1H3,(H,39,42)(H,40,43). The number of amides is 2. The first-order chi connectivity index (χ1) is 22.0. The van der Waals surface area contributed by atoms with Crippen LogP contribution in [0.2, 0.25) is 0 Å². The summed E-state index contributed by atoms with van der Waals surface area (Å²) in [5.41, 5.74) is 5.97. The summed E-state index contributed by atoms with van der Waals surface area (Å²) < 4.78 is 0. The fraction of sp³-hybridized carbons (Fsp3) is 0.162. The lowest BCUT2D eigenvalue weighted by Crippen LogP contribution is -2.29. The minimum Gasteiger partial charge on any atom is -0.322 e. The maximum Gasteiger partial charge on any atom is 0.255 e. The van der Waals surface area contributed by atoms with Crippen LogP contribution in [0.4, 0.5) is 10.7 Å². The Morgan fingerprint density at radius 1 is 0.933 bits per heavy atom. The largest absolute Gasteiger partial charge is 0.322 e. The highest BCUT2D eigenvalue weighted by Crippen LogP contribution is 2.41. The molecule has 1 atom stereocenters. The minimum absolute atomic E-state index is 0.189. The Balaban J connectivity index is 1.20. The second-order valence-electron chi connectivity index (χ2n) is 11.0. The number of hydrogen-bond acceptors (Lipinski definition) is 6. The van der Waals surface area contributed by atoms with E-state index in [1.165, 1.54) is 28.7 Å². The number of nitrogens with one attached hydrogen (secondary N) is 2. The van der Waals surface area contributed by atoms with Crippen molar-refractivity contribution in [1.82, 2.24) is 4.90 Å². The first kappa shape index (κ1) is 30.4. The molecule has 2 amide bonds. The van der Waals surface area contributed by atoms with Crippen LogP contribution in [-0.2, 0) is 24.3 Å². The maximum absolute atomic E-state index is 14.0. The number of nitrogens with zero attached hydrogens (tertiary/aromatic N) is 2. The third-order valence-electron chi connectivity index (χ3n) is 7.70. The van der Waals surface area contributed by atoms with Crippen molar-refractivity contribution >= 4 is 45.6 Å². The Bertz CT molecular complexity index is 1860. The minimum atomic E-state index is -0.575. The fourth-order valence-corrected chi connectivity index (χ4v) is 7.82. The van der Waals surface area contributed by atoms with E-state index in [1.54, 1.807) is 6.07 Å². The molecule has 6 nitrogen and oxygen atoms in total. The summed E-state index contributed by atoms with van der Waals surface area (Å²) in [5, 5.41) is 16.3. The van der Waals surface area contributed by atoms with Gasteiger partial charge in [-0.2, -0.15) is 5.26 Å². The van der Waals surface area contributed by atoms with E-state index in [4.69, 9.17) is 0 Å². The number of aryl methyl sites for hydroxylation is 1. The van der Waals surface area contributed by atoms with Crippen LogP contribution in [0.5, 0.6) is 0 Å². The summed E-state index contributed by atoms with van der Waals surface area (Å²) in [6.45, 7) is 4.41. The van der Waals surface area contributed by atoms with E-state index in [0.717, 1.165) is 52.5 Å². The van der Waals surface area contributed by atoms with Crippen LogP contribution in [0.15, 0.2) is 114 Å². The van der Waals surface area contributed by atoms with Gasteiger partial charge in [-0.15, -0.1) is 23.1 Å². The van der Waals surface area contributed by atoms with E-state index in [2.05, 4.69) is 45.9 Å². The highest BCUT2D eigenvalue weighted by molar-refractivity contribution is 8.00. The molecule has 5 aromatic rings. The molecule has 4 aromatic carbocycles. The van der Waals surface area contributed by atoms with Crippen LogP contribution >= 0.6 is 23.1 Å². The molecule has 1 unspecified atom stereocenters. The zero-order valence-electron chi connectivity index (χ0n) is 24.8. The number of carbonyl (C=O) groups excluding carboxylic acids is 2. The summed E-state index contributed by atoms with van der Waals surface area (Å²) in [6.07, 6.45) is 0.773. The van der Waals surface area contributed by atoms with E-state index >= 15 is 0 Å². The topological polar surface area (TPSA) is 85.2 Å². The number of rotatable bonds is 9. The molecule has 0 aliphatic carbocycles. The quantitative estimate of drug-likeness (QED) is 0.161. The number of hydrogen-bond donors (Lipinski definition) is 2. The van der Waals surface area contributed by atoms with E-state index in [9.17, 15) is 14.9 Å². The molecule has 2 heterocycles. The molecule has 0 radical (unpaired) electrons. The van der Waals surface area contributed by atoms with Gasteiger partial charge in [-0.25, -0.2) is 0 Å². The molecule has 0 spiro atoms. The van der Waals surface area contributed by atoms with Crippen molar-refractivity contribution in [2.75, 3.05) is 17.2 Å². The van der Waals surface area contributed by atoms with Gasteiger partial charge >= 0.3 is 0 Å². The lowest BCUT2D eigenvalue weighted by molar-refractivity contribution is -0.115. The number of thioether (sulfide) groups is 1. The average molecular weight is 629 g/mol. The molecule has 0 bridgehead atoms. The molecule has 1 aliphatic heterocycles. The van der Waals surface area contributed by atoms with Crippen LogP contribution in [0, 0.1) is 18.3 Å². The van der Waals surface area contributed by atoms with Gasteiger partial charge in [0.1, 0.15) is 16.3 Å². The number of thiophene rings is 1. The molecule has 0 saturated carbocycles. The van der Waals surface area contributed by atoms with E-state index in [-0.39, 0.29) is 11.8 Å². The predicted octanol–water partition coefficient (Wildman–Crippen LogP) is 8.21. The number of anilines is 2. The second kappa shape index (κ2) is 14.0. The van der Waals surface area contributed by atoms with Gasteiger partial charge in [-0.3, -0.25) is 14.5 Å². The van der Waals surface area contributed by atoms with Crippen LogP contribution < -0.4 is 10.6 Å². The molecule has 2 N–H and O–H groups in total. The molecule has 45 heavy (non-hydrogen) atoms. The van der Waals surface area contributed by atoms with Gasteiger partial charge in [-0.05, 0) is 60.4 Å². The molecule has 0 saturated heterocycles. The molecular weight excluding hydrogens is 597 g/mol. The van der Waals surface area contributed by atoms with Crippen LogP contribution in [-0.4, -0.2) is 23.3 Å². The van der Waals surface area contributed by atoms with Gasteiger partial charge in [-0.1, -0.05) is 84.4 Å². The van der Waals surface area contributed by atoms with Crippen molar-refractivity contribution in [2.45, 2.75) is 36.6 Å². The summed E-state index contributed by atoms with van der Waals surface area (Å²) >= 11 is 2.91. The maximum atomic E-state index is 14.0. The third-order valence-corrected chi connectivity index (χ3v) is 10.1. The van der Waals surface area contributed by atoms with Crippen LogP contribution in [0.3, 0.4) is 0 Å². The van der Waals surface area contributed by atoms with Gasteiger partial charge in [0.2, 0.25) is 5.91 Å². The Kier molecular flexibility index (Phi) is 9.41. The van der Waals surface area contributed by atoms with Crippen molar-refractivity contribution in [3.63, 3.8) is 0 Å². The second-order valence-corrected chi connectivity index (χ2v) is 13.3. The Hall–Kier alpha value is -4.68. The van der Waals surface area contributed by atoms with Crippen molar-refractivity contribution in [3.8, 4) is 6.07 Å². The molecule has 6 rings (SSSR count). The molecule has 224 valence electrons. The summed E-state index contributed by atoms with van der Waals surface area (Å²) in [6, 6.07) is 37.4. The molecule has 8 heteroatoms. The highest BCUT2D eigenvalue weighted by atomic mass is 32.2. The first-order valence-electron chi connectivity index (χ1n) is 14.8. The van der Waals surface area contributed by atoms with Gasteiger partial charge in [0.15, 0.2) is 0 Å². The summed E-state index contributed by atoms with van der Waals surface area (Å²) in [5.74, 6) is -0.386. The van der Waals surface area contributed by atoms with E-state index in [1.807, 2.05) is 85.8 Å². The molecular formula is C37H32N4O2S2. The molecule has 1 aliphatic rings. The van der Waals surface area contributed by atoms with Crippen LogP contribution in [0.25, 0.3) is 0 Å². The predicted molar refractivity (Wildman–Crippen MR) is 183 cm³/mol. The average Bonchev–Trinajstić information content (AvgIpc) is 3.40. The van der Waals surface area contributed by atoms with Gasteiger partial charge in [0, 0.05) is 40.7 Å². The normalized spacial score (nSPS) is 13.3. The third kappa shape index (κ3) is 7.35. The van der Waals surface area contributed by atoms with Gasteiger partial charge in [0.25, 0.3) is 5.91 Å². The van der Waals surface area contributed by atoms with Crippen molar-refractivity contribution in [1.29, 1.82) is 5.26 Å². The Morgan fingerprint density at radius 3 is 2.44 bits per heavy atom. The van der Waals surface area contributed by atoms with E-state index < -0.39 is 5.25 Å². The van der Waals surface area contributed by atoms with Gasteiger partial charge in [0.05, 0.1) is 5.56 Å². The summed E-state index contributed by atoms with van der Waals surface area (Å²) in [7, 11) is 0. The smallest absolute Gasteiger partial charge is 0.255 e. The van der Waals surface area contributed by atoms with Crippen molar-refractivity contribution < 1.29 is 9.59 Å². The molecule has 0 fully saturated rings. The Morgan fingerprint density at radius 2 is 1.69 bits per heavy atom. The fourth-order valence-electron chi connectivity index (χ4n) is 5.49. The van der Waals surface area contributed by atoms with Crippen molar-refractivity contribution in [2.24, 2.45) is 0 Å². The zero-order chi connectivity index (χ0) is 31.2. The Labute approximate surface area is 271 Å². The molecule has 1 aromatic heterocycles. The monoisotopic (exact) mass is 628 g/mol. The number of nitriles is 1. The SMILES string of the molecule is Cc1cccc(C(=O)Nc2cccc(SC(C(=O)Nc3sc4c(c3C#N)CCN(Cc3ccccc3)C4)c3ccccc3)c2)c1. The number of carbonyl (C=O) groups is 2. The van der Waals surface area contributed by atoms with Gasteiger partial charge < -0.3 is 10.6 Å². The van der Waals surface area contributed by atoms with Crippen LogP contribution in [0.1, 0.15) is 48.3 Å². The lowest BCUT2D eigenvalue weighted by Gasteiger charge is -2.26. The lowest BCUT2D eigenvalue weighted by atomic mass is 10.0. The summed E-state index contributed by atoms with van der Waals surface area (Å²) in [4.78, 5) is 31.2. The zero-order valence-corrected chi connectivity index (χ0v) is 26.5. The number of benzene rings is 4. The highest BCUT2D eigenvalue weighted by Gasteiger charge is 2.28. The van der Waals surface area contributed by atoms with Crippen molar-refractivity contribution in [3.05, 3.63) is 147 Å².